The summed E-state index contributed by atoms with van der Waals surface area (Å²) in [5.41, 5.74) is 2.41. The maximum Gasteiger partial charge on any atom is 0.342 e. The van der Waals surface area contributed by atoms with E-state index in [0.29, 0.717) is 18.4 Å². The number of rotatable bonds is 2. The van der Waals surface area contributed by atoms with Crippen LogP contribution in [-0.4, -0.2) is 47.2 Å². The number of hydrogen-bond donors (Lipinski definition) is 1. The van der Waals surface area contributed by atoms with Gasteiger partial charge in [0.05, 0.1) is 11.7 Å². The van der Waals surface area contributed by atoms with Gasteiger partial charge in [0.15, 0.2) is 5.79 Å². The van der Waals surface area contributed by atoms with Crippen LogP contribution in [0.5, 0.6) is 5.75 Å². The topological polar surface area (TPSA) is 91.3 Å². The molecule has 0 aromatic heterocycles. The van der Waals surface area contributed by atoms with Crippen molar-refractivity contribution in [3.8, 4) is 5.75 Å². The van der Waals surface area contributed by atoms with Crippen molar-refractivity contribution in [2.75, 3.05) is 0 Å². The summed E-state index contributed by atoms with van der Waals surface area (Å²) in [5.74, 6) is -1.52. The molecule has 1 aliphatic carbocycles. The fourth-order valence-corrected chi connectivity index (χ4v) is 5.50. The van der Waals surface area contributed by atoms with E-state index in [2.05, 4.69) is 0 Å². The highest BCUT2D eigenvalue weighted by atomic mass is 16.8. The van der Waals surface area contributed by atoms with E-state index in [1.807, 2.05) is 39.0 Å². The fourth-order valence-electron chi connectivity index (χ4n) is 5.50. The Morgan fingerprint density at radius 2 is 1.86 bits per heavy atom. The number of phenolic OH excluding ortho intramolecular Hbond substituents is 1. The van der Waals surface area contributed by atoms with Crippen molar-refractivity contribution >= 4 is 11.9 Å². The molecule has 2 aromatic carbocycles. The number of aromatic hydroxyl groups is 1. The van der Waals surface area contributed by atoms with Crippen LogP contribution in [0.3, 0.4) is 0 Å². The summed E-state index contributed by atoms with van der Waals surface area (Å²) in [5, 5.41) is 10.7. The van der Waals surface area contributed by atoms with Crippen molar-refractivity contribution in [2.24, 2.45) is 5.92 Å². The molecule has 2 heterocycles. The SMILES string of the molecule is Cc1cc(O)c2c(c1)C1CC1C[C@H]1OC(C)(C)O[C@@H]1C(OC(=O)c1ccccc1)/C=C\C[C@H](C)OC2=O. The molecule has 1 saturated carbocycles. The largest absolute Gasteiger partial charge is 0.507 e. The quantitative estimate of drug-likeness (QED) is 0.428. The molecule has 2 aliphatic heterocycles. The van der Waals surface area contributed by atoms with E-state index >= 15 is 0 Å². The zero-order valence-electron chi connectivity index (χ0n) is 21.7. The minimum Gasteiger partial charge on any atom is -0.507 e. The predicted octanol–water partition coefficient (Wildman–Crippen LogP) is 5.45. The Morgan fingerprint density at radius 1 is 1.11 bits per heavy atom. The number of ether oxygens (including phenoxy) is 4. The molecule has 5 rings (SSSR count). The van der Waals surface area contributed by atoms with E-state index in [9.17, 15) is 14.7 Å². The van der Waals surface area contributed by atoms with E-state index in [0.717, 1.165) is 17.5 Å². The van der Waals surface area contributed by atoms with Crippen molar-refractivity contribution in [3.63, 3.8) is 0 Å². The van der Waals surface area contributed by atoms with Crippen LogP contribution in [0, 0.1) is 12.8 Å². The number of carbonyl (C=O) groups excluding carboxylic acids is 2. The van der Waals surface area contributed by atoms with Crippen LogP contribution in [0.25, 0.3) is 0 Å². The second kappa shape index (κ2) is 9.95. The predicted molar refractivity (Wildman–Crippen MR) is 136 cm³/mol. The Bertz CT molecular complexity index is 1200. The second-order valence-corrected chi connectivity index (χ2v) is 10.8. The number of carbonyl (C=O) groups is 2. The lowest BCUT2D eigenvalue weighted by molar-refractivity contribution is -0.153. The lowest BCUT2D eigenvalue weighted by Gasteiger charge is -2.25. The van der Waals surface area contributed by atoms with Gasteiger partial charge in [-0.2, -0.15) is 0 Å². The smallest absolute Gasteiger partial charge is 0.342 e. The van der Waals surface area contributed by atoms with Crippen LogP contribution in [0.2, 0.25) is 0 Å². The van der Waals surface area contributed by atoms with Gasteiger partial charge < -0.3 is 24.1 Å². The molecule has 1 saturated heterocycles. The highest BCUT2D eigenvalue weighted by Gasteiger charge is 2.51. The molecule has 196 valence electrons. The first-order valence-electron chi connectivity index (χ1n) is 12.9. The molecule has 3 unspecified atom stereocenters. The van der Waals surface area contributed by atoms with E-state index in [1.54, 1.807) is 43.3 Å². The Morgan fingerprint density at radius 3 is 2.62 bits per heavy atom. The number of phenols is 1. The molecule has 0 spiro atoms. The summed E-state index contributed by atoms with van der Waals surface area (Å²) >= 11 is 0. The number of cyclic esters (lactones) is 1. The maximum atomic E-state index is 13.1. The molecule has 7 nitrogen and oxygen atoms in total. The van der Waals surface area contributed by atoms with E-state index in [4.69, 9.17) is 18.9 Å². The molecule has 0 amide bonds. The van der Waals surface area contributed by atoms with Crippen molar-refractivity contribution in [1.82, 2.24) is 0 Å². The van der Waals surface area contributed by atoms with Gasteiger partial charge in [0.1, 0.15) is 29.6 Å². The van der Waals surface area contributed by atoms with Gasteiger partial charge in [-0.15, -0.1) is 0 Å². The lowest BCUT2D eigenvalue weighted by atomic mass is 9.95. The third-order valence-electron chi connectivity index (χ3n) is 7.25. The summed E-state index contributed by atoms with van der Waals surface area (Å²) in [6.45, 7) is 7.43. The minimum atomic E-state index is -0.835. The lowest BCUT2D eigenvalue weighted by Crippen LogP contribution is -2.38. The first-order chi connectivity index (χ1) is 17.6. The van der Waals surface area contributed by atoms with Crippen LogP contribution < -0.4 is 0 Å². The van der Waals surface area contributed by atoms with Crippen LogP contribution in [0.1, 0.15) is 77.8 Å². The summed E-state index contributed by atoms with van der Waals surface area (Å²) in [6.07, 6.45) is 3.65. The van der Waals surface area contributed by atoms with E-state index in [-0.39, 0.29) is 29.3 Å². The molecule has 0 radical (unpaired) electrons. The molecule has 3 aliphatic rings. The molecular weight excluding hydrogens is 472 g/mol. The molecule has 0 bridgehead atoms. The molecular formula is C30H34O7. The van der Waals surface area contributed by atoms with Crippen molar-refractivity contribution in [3.05, 3.63) is 76.9 Å². The van der Waals surface area contributed by atoms with Crippen molar-refractivity contribution in [1.29, 1.82) is 0 Å². The van der Waals surface area contributed by atoms with Gasteiger partial charge in [0, 0.05) is 6.42 Å². The van der Waals surface area contributed by atoms with Gasteiger partial charge in [-0.1, -0.05) is 30.3 Å². The number of esters is 2. The monoisotopic (exact) mass is 506 g/mol. The number of fused-ring (bicyclic) bond motifs is 4. The molecule has 6 atom stereocenters. The fraction of sp³-hybridized carbons (Fsp3) is 0.467. The number of aryl methyl sites for hydroxylation is 1. The Hall–Kier alpha value is -3.16. The van der Waals surface area contributed by atoms with Crippen molar-refractivity contribution in [2.45, 2.75) is 83.1 Å². The zero-order chi connectivity index (χ0) is 26.3. The zero-order valence-corrected chi connectivity index (χ0v) is 21.7. The molecule has 7 heteroatoms. The van der Waals surface area contributed by atoms with Gasteiger partial charge in [0.25, 0.3) is 0 Å². The molecule has 37 heavy (non-hydrogen) atoms. The minimum absolute atomic E-state index is 0.0483. The van der Waals surface area contributed by atoms with Crippen LogP contribution in [-0.2, 0) is 18.9 Å². The van der Waals surface area contributed by atoms with Crippen LogP contribution >= 0.6 is 0 Å². The van der Waals surface area contributed by atoms with Gasteiger partial charge in [-0.3, -0.25) is 0 Å². The summed E-state index contributed by atoms with van der Waals surface area (Å²) in [6, 6.07) is 12.4. The highest BCUT2D eigenvalue weighted by Crippen LogP contribution is 2.54. The highest BCUT2D eigenvalue weighted by molar-refractivity contribution is 5.95. The third-order valence-corrected chi connectivity index (χ3v) is 7.25. The van der Waals surface area contributed by atoms with Crippen molar-refractivity contribution < 1.29 is 33.6 Å². The average molecular weight is 507 g/mol. The first-order valence-corrected chi connectivity index (χ1v) is 12.9. The summed E-state index contributed by atoms with van der Waals surface area (Å²) in [7, 11) is 0. The van der Waals surface area contributed by atoms with Crippen LogP contribution in [0.4, 0.5) is 0 Å². The van der Waals surface area contributed by atoms with Gasteiger partial charge in [-0.05, 0) is 87.8 Å². The van der Waals surface area contributed by atoms with E-state index in [1.165, 1.54) is 0 Å². The van der Waals surface area contributed by atoms with Crippen LogP contribution in [0.15, 0.2) is 54.6 Å². The molecule has 1 N–H and O–H groups in total. The Kier molecular flexibility index (Phi) is 6.86. The van der Waals surface area contributed by atoms with Gasteiger partial charge in [0.2, 0.25) is 0 Å². The number of hydrogen-bond acceptors (Lipinski definition) is 7. The summed E-state index contributed by atoms with van der Waals surface area (Å²) < 4.78 is 24.3. The second-order valence-electron chi connectivity index (χ2n) is 10.8. The Labute approximate surface area is 217 Å². The third kappa shape index (κ3) is 5.58. The maximum absolute atomic E-state index is 13.1. The molecule has 2 aromatic rings. The molecule has 2 fully saturated rings. The number of benzene rings is 2. The first kappa shape index (κ1) is 25.5. The summed E-state index contributed by atoms with van der Waals surface area (Å²) in [4.78, 5) is 26.1. The van der Waals surface area contributed by atoms with Gasteiger partial charge >= 0.3 is 11.9 Å². The van der Waals surface area contributed by atoms with Gasteiger partial charge in [-0.25, -0.2) is 9.59 Å². The Balaban J connectivity index is 1.47. The van der Waals surface area contributed by atoms with E-state index < -0.39 is 36.0 Å². The average Bonchev–Trinajstić information content (AvgIpc) is 3.52. The normalized spacial score (nSPS) is 31.6. The standard InChI is InChI=1S/C30H34O7/c1-17-13-22-21-15-20(21)16-25-27(37-30(3,4)36-25)24(35-28(32)19-10-6-5-7-11-19)12-8-9-18(2)34-29(33)26(22)23(31)14-17/h5-8,10-14,18,20-21,24-25,27,31H,9,15-16H2,1-4H3/b12-8-/t18-,20?,21?,24?,25+,27+/m0/s1.